The van der Waals surface area contributed by atoms with Gasteiger partial charge in [0.1, 0.15) is 79.5 Å². The van der Waals surface area contributed by atoms with Crippen LogP contribution in [-0.2, 0) is 80.8 Å². The first-order chi connectivity index (χ1) is 49.5. The molecule has 9 fully saturated rings. The molecule has 29 nitrogen and oxygen atoms in total. The summed E-state index contributed by atoms with van der Waals surface area (Å²) in [5, 5.41) is 134. The Morgan fingerprint density at radius 3 is 1.98 bits per heavy atom. The quantitative estimate of drug-likeness (QED) is 0.0149. The fraction of sp³-hybridized carbons (Fsp3) is 0.803. The lowest BCUT2D eigenvalue weighted by Crippen LogP contribution is -2.69. The van der Waals surface area contributed by atoms with Crippen molar-refractivity contribution in [3.63, 3.8) is 0 Å². The van der Waals surface area contributed by atoms with Crippen LogP contribution in [0.2, 0.25) is 0 Å². The van der Waals surface area contributed by atoms with Gasteiger partial charge < -0.3 is 123 Å². The van der Waals surface area contributed by atoms with Gasteiger partial charge in [-0.1, -0.05) is 90.4 Å². The zero-order valence-corrected chi connectivity index (χ0v) is 61.5. The van der Waals surface area contributed by atoms with E-state index in [0.717, 1.165) is 18.8 Å². The molecule has 1 aromatic rings. The Morgan fingerprint density at radius 2 is 1.30 bits per heavy atom. The number of rotatable bonds is 22. The maximum absolute atomic E-state index is 15.5. The highest BCUT2D eigenvalue weighted by Crippen LogP contribution is 2.75. The van der Waals surface area contributed by atoms with E-state index in [1.807, 2.05) is 38.1 Å². The van der Waals surface area contributed by atoms with Crippen LogP contribution in [-0.4, -0.2) is 265 Å². The van der Waals surface area contributed by atoms with E-state index >= 15 is 4.79 Å². The highest BCUT2D eigenvalue weighted by molar-refractivity contribution is 5.87. The summed E-state index contributed by atoms with van der Waals surface area (Å²) in [6.07, 6.45) is -27.1. The fourth-order valence-electron chi connectivity index (χ4n) is 20.4. The molecule has 0 aromatic heterocycles. The second-order valence-electron chi connectivity index (χ2n) is 33.5. The van der Waals surface area contributed by atoms with Crippen LogP contribution in [0.3, 0.4) is 0 Å². The van der Waals surface area contributed by atoms with Gasteiger partial charge in [-0.2, -0.15) is 0 Å². The summed E-state index contributed by atoms with van der Waals surface area (Å²) in [6, 6.07) is 7.39. The number of esters is 3. The number of aliphatic hydroxyl groups excluding tert-OH is 12. The van der Waals surface area contributed by atoms with Gasteiger partial charge >= 0.3 is 17.9 Å². The Bertz CT molecular complexity index is 3220. The summed E-state index contributed by atoms with van der Waals surface area (Å²) in [5.74, 6) is -5.64. The number of carbonyl (C=O) groups excluding carboxylic acids is 5. The summed E-state index contributed by atoms with van der Waals surface area (Å²) >= 11 is 0. The zero-order valence-electron chi connectivity index (χ0n) is 61.5. The molecule has 11 rings (SSSR count). The number of aliphatic hydroxyl groups is 12. The number of aryl methyl sites for hydroxylation is 1. The lowest BCUT2D eigenvalue weighted by atomic mass is 9.33. The molecule has 4 heterocycles. The van der Waals surface area contributed by atoms with Crippen LogP contribution in [0.4, 0.5) is 0 Å². The highest BCUT2D eigenvalue weighted by atomic mass is 16.8. The summed E-state index contributed by atoms with van der Waals surface area (Å²) in [5.41, 5.74) is -1.90. The normalized spacial score (nSPS) is 48.1. The summed E-state index contributed by atoms with van der Waals surface area (Å²) in [4.78, 5) is 67.8. The van der Waals surface area contributed by atoms with Crippen LogP contribution in [0.1, 0.15) is 144 Å². The van der Waals surface area contributed by atoms with Crippen molar-refractivity contribution >= 4 is 36.7 Å². The Labute approximate surface area is 611 Å². The Balaban J connectivity index is 0.867. The average molecular weight is 1490 g/mol. The largest absolute Gasteiger partial charge is 0.468 e. The molecule has 0 amide bonds. The molecule has 4 saturated heterocycles. The van der Waals surface area contributed by atoms with Gasteiger partial charge in [-0.05, 0) is 147 Å². The smallest absolute Gasteiger partial charge is 0.331 e. The Kier molecular flexibility index (Phi) is 25.1. The lowest BCUT2D eigenvalue weighted by molar-refractivity contribution is -0.394. The van der Waals surface area contributed by atoms with Gasteiger partial charge in [0.2, 0.25) is 6.29 Å². The second-order valence-corrected chi connectivity index (χ2v) is 33.5. The zero-order chi connectivity index (χ0) is 76.3. The molecule has 10 aliphatic rings. The fourth-order valence-corrected chi connectivity index (χ4v) is 20.4. The van der Waals surface area contributed by atoms with Gasteiger partial charge in [0.05, 0.1) is 67.8 Å². The SMILES string of the molecule is CC(=O)OC1C(OC(=O)/C=C\c2ccc(C)cc2)C(C)OC(OC(=O)[C@@H]2CC(C)(C)C[C@@H]3C2[C@H](O)C[C@]2(C)C3C=C[C@@H]3[C@@]4(C)CC[C@H](OC5OC(CCCCOC=O)C(O)C(OC6OCC(O)C(O)C6O)C5OC5OC(CO)C(O)C(O)C5O)[C@@](C)(C=O)[C@@H]4CC[C@]32C)C1OC1CC(C)C(O)C(O)C1O. The van der Waals surface area contributed by atoms with Gasteiger partial charge in [-0.15, -0.1) is 0 Å². The third kappa shape index (κ3) is 15.8. The number of benzene rings is 1. The molecule has 12 N–H and O–H groups in total. The molecule has 29 heteroatoms. The summed E-state index contributed by atoms with van der Waals surface area (Å²) in [6.45, 7) is 17.9. The Hall–Kier alpha value is -4.55. The molecule has 4 aliphatic heterocycles. The van der Waals surface area contributed by atoms with E-state index in [4.69, 9.17) is 56.8 Å². The summed E-state index contributed by atoms with van der Waals surface area (Å²) < 4.78 is 74.4. The molecule has 0 spiro atoms. The highest BCUT2D eigenvalue weighted by Gasteiger charge is 2.71. The maximum Gasteiger partial charge on any atom is 0.331 e. The molecule has 5 saturated carbocycles. The predicted octanol–water partition coefficient (Wildman–Crippen LogP) is 1.50. The first-order valence-corrected chi connectivity index (χ1v) is 37.4. The van der Waals surface area contributed by atoms with Crippen molar-refractivity contribution in [1.29, 1.82) is 0 Å². The third-order valence-electron chi connectivity index (χ3n) is 26.2. The monoisotopic (exact) mass is 1490 g/mol. The molecule has 590 valence electrons. The van der Waals surface area contributed by atoms with E-state index in [-0.39, 0.29) is 62.4 Å². The minimum absolute atomic E-state index is 0.0000275. The molecule has 0 bridgehead atoms. The number of unbranched alkanes of at least 4 members (excludes halogenated alkanes) is 1. The number of carbonyl (C=O) groups is 5. The minimum atomic E-state index is -1.98. The minimum Gasteiger partial charge on any atom is -0.468 e. The number of fused-ring (bicyclic) bond motifs is 7. The van der Waals surface area contributed by atoms with Crippen LogP contribution in [0.25, 0.3) is 6.08 Å². The summed E-state index contributed by atoms with van der Waals surface area (Å²) in [7, 11) is 0. The van der Waals surface area contributed by atoms with Gasteiger partial charge in [-0.3, -0.25) is 14.4 Å². The first-order valence-electron chi connectivity index (χ1n) is 37.4. The average Bonchev–Trinajstić information content (AvgIpc) is 0.676. The van der Waals surface area contributed by atoms with Gasteiger partial charge in [0.15, 0.2) is 37.2 Å². The standard InChI is InChI=1S/C76H112O29/c1-35-14-16-39(17-15-35)18-21-51(83)102-62-37(3)96-70(66(64(62)97-38(4)80)98-46-27-36(2)53(84)58(89)55(46)86)105-67(93)41-29-72(5,6)28-40-42-19-20-49-73(7)24-23-50(74(8,33-78)48(73)22-25-75(49,9)76(42,10)30-43(81)52(40)41)101-71-65(104-69-61(92)59(90)56(87)47(31-77)100-69)63(103-68-60(91)54(85)44(82)32-95-68)57(88)45(99-71)13-11-12-26-94-34-79/h14-21,33-34,36-37,40-50,52-66,68-71,77,81-82,84-92H,11-13,22-32H2,1-10H3/b21-18-/t36?,37?,40-,41+,42?,43+,44?,45?,46?,47?,48+,49+,50-,52?,53?,54?,55?,56?,57?,58?,59?,60?,61?,62?,63?,64?,65?,66?,68?,69?,70?,71?,73-,74-,75+,76+/m0/s1. The predicted molar refractivity (Wildman–Crippen MR) is 364 cm³/mol. The van der Waals surface area contributed by atoms with Crippen LogP contribution >= 0.6 is 0 Å². The van der Waals surface area contributed by atoms with E-state index in [2.05, 4.69) is 46.8 Å². The van der Waals surface area contributed by atoms with Crippen molar-refractivity contribution in [1.82, 2.24) is 0 Å². The van der Waals surface area contributed by atoms with Crippen molar-refractivity contribution in [2.24, 2.45) is 68.5 Å². The molecular weight excluding hydrogens is 1380 g/mol. The van der Waals surface area contributed by atoms with Crippen LogP contribution in [0, 0.1) is 75.4 Å². The van der Waals surface area contributed by atoms with Crippen LogP contribution in [0.5, 0.6) is 0 Å². The van der Waals surface area contributed by atoms with Gasteiger partial charge in [0.25, 0.3) is 6.47 Å². The van der Waals surface area contributed by atoms with E-state index in [1.165, 1.54) is 6.08 Å². The van der Waals surface area contributed by atoms with Gasteiger partial charge in [-0.25, -0.2) is 4.79 Å². The van der Waals surface area contributed by atoms with Crippen molar-refractivity contribution in [3.8, 4) is 0 Å². The van der Waals surface area contributed by atoms with E-state index in [0.29, 0.717) is 50.6 Å². The second kappa shape index (κ2) is 32.4. The van der Waals surface area contributed by atoms with Crippen molar-refractivity contribution < 1.29 is 142 Å². The number of ether oxygens (including phenoxy) is 12. The number of allylic oxidation sites excluding steroid dienone is 2. The van der Waals surface area contributed by atoms with Crippen molar-refractivity contribution in [3.05, 3.63) is 53.6 Å². The molecule has 6 aliphatic carbocycles. The first kappa shape index (κ1) is 81.4. The molecule has 36 atom stereocenters. The van der Waals surface area contributed by atoms with Crippen molar-refractivity contribution in [2.45, 2.75) is 293 Å². The molecule has 1 aromatic carbocycles. The molecule has 26 unspecified atom stereocenters. The van der Waals surface area contributed by atoms with Gasteiger partial charge in [0, 0.05) is 18.9 Å². The van der Waals surface area contributed by atoms with E-state index < -0.39 is 229 Å². The van der Waals surface area contributed by atoms with Crippen LogP contribution < -0.4 is 0 Å². The Morgan fingerprint density at radius 1 is 0.619 bits per heavy atom. The number of hydrogen-bond donors (Lipinski definition) is 12. The molecule has 0 radical (unpaired) electrons. The maximum atomic E-state index is 15.5. The topological polar surface area (TPSA) is 439 Å². The van der Waals surface area contributed by atoms with Crippen molar-refractivity contribution in [2.75, 3.05) is 19.8 Å². The lowest BCUT2D eigenvalue weighted by Gasteiger charge is -2.71. The number of aldehydes is 1. The number of hydrogen-bond acceptors (Lipinski definition) is 29. The van der Waals surface area contributed by atoms with Crippen LogP contribution in [0.15, 0.2) is 42.5 Å². The van der Waals surface area contributed by atoms with E-state index in [9.17, 15) is 80.5 Å². The van der Waals surface area contributed by atoms with E-state index in [1.54, 1.807) is 19.9 Å². The third-order valence-corrected chi connectivity index (χ3v) is 26.2. The molecule has 105 heavy (non-hydrogen) atoms. The molecular formula is C76H112O29.